The Balaban J connectivity index is 2.46. The molecular weight excluding hydrogens is 266 g/mol. The Morgan fingerprint density at radius 2 is 1.90 bits per heavy atom. The number of hydrogen-bond acceptors (Lipinski definition) is 3. The monoisotopic (exact) mass is 289 g/mol. The van der Waals surface area contributed by atoms with E-state index in [-0.39, 0.29) is 11.8 Å². The summed E-state index contributed by atoms with van der Waals surface area (Å²) < 4.78 is 10.7. The van der Waals surface area contributed by atoms with Crippen molar-refractivity contribution < 1.29 is 14.3 Å². The molecule has 0 saturated heterocycles. The van der Waals surface area contributed by atoms with Gasteiger partial charge in [-0.2, -0.15) is 0 Å². The Kier molecular flexibility index (Phi) is 4.89. The summed E-state index contributed by atoms with van der Waals surface area (Å²) in [5.74, 6) is 1.58. The van der Waals surface area contributed by atoms with Crippen molar-refractivity contribution in [2.24, 2.45) is 5.92 Å². The molecule has 1 amide bonds. The minimum atomic E-state index is -0.0400. The minimum Gasteiger partial charge on any atom is -0.493 e. The Morgan fingerprint density at radius 3 is 2.43 bits per heavy atom. The van der Waals surface area contributed by atoms with Crippen molar-refractivity contribution in [1.29, 1.82) is 0 Å². The minimum absolute atomic E-state index is 0.0400. The van der Waals surface area contributed by atoms with Gasteiger partial charge >= 0.3 is 0 Å². The van der Waals surface area contributed by atoms with E-state index in [1.807, 2.05) is 30.0 Å². The SMILES string of the molecule is C=CC[C@H]1Cc2cc(OC)c(OC)cc2CN(CC)C1=O. The second-order valence-electron chi connectivity index (χ2n) is 5.25. The Hall–Kier alpha value is -1.97. The first-order valence-corrected chi connectivity index (χ1v) is 7.28. The van der Waals surface area contributed by atoms with Gasteiger partial charge in [-0.15, -0.1) is 6.58 Å². The molecule has 1 atom stereocenters. The zero-order valence-electron chi connectivity index (χ0n) is 13.0. The molecule has 0 saturated carbocycles. The lowest BCUT2D eigenvalue weighted by Gasteiger charge is -2.22. The largest absolute Gasteiger partial charge is 0.493 e. The van der Waals surface area contributed by atoms with E-state index in [9.17, 15) is 4.79 Å². The number of carbonyl (C=O) groups excluding carboxylic acids is 1. The van der Waals surface area contributed by atoms with Crippen LogP contribution in [0.15, 0.2) is 24.8 Å². The predicted molar refractivity (Wildman–Crippen MR) is 82.6 cm³/mol. The van der Waals surface area contributed by atoms with Gasteiger partial charge < -0.3 is 14.4 Å². The molecule has 21 heavy (non-hydrogen) atoms. The molecule has 1 aliphatic heterocycles. The van der Waals surface area contributed by atoms with Crippen LogP contribution >= 0.6 is 0 Å². The number of fused-ring (bicyclic) bond motifs is 1. The topological polar surface area (TPSA) is 38.8 Å². The van der Waals surface area contributed by atoms with Crippen LogP contribution in [0.2, 0.25) is 0 Å². The third-order valence-corrected chi connectivity index (χ3v) is 4.03. The van der Waals surface area contributed by atoms with Gasteiger partial charge in [-0.3, -0.25) is 4.79 Å². The van der Waals surface area contributed by atoms with Gasteiger partial charge in [0, 0.05) is 19.0 Å². The molecule has 4 nitrogen and oxygen atoms in total. The third-order valence-electron chi connectivity index (χ3n) is 4.03. The van der Waals surface area contributed by atoms with Crippen molar-refractivity contribution in [3.8, 4) is 11.5 Å². The normalized spacial score (nSPS) is 18.0. The maximum absolute atomic E-state index is 12.6. The van der Waals surface area contributed by atoms with Gasteiger partial charge in [-0.05, 0) is 43.0 Å². The highest BCUT2D eigenvalue weighted by molar-refractivity contribution is 5.80. The Labute approximate surface area is 126 Å². The molecule has 0 fully saturated rings. The fourth-order valence-corrected chi connectivity index (χ4v) is 2.85. The number of nitrogens with zero attached hydrogens (tertiary/aromatic N) is 1. The van der Waals surface area contributed by atoms with Crippen LogP contribution in [0.1, 0.15) is 24.5 Å². The third kappa shape index (κ3) is 3.04. The predicted octanol–water partition coefficient (Wildman–Crippen LogP) is 2.80. The molecule has 1 aromatic rings. The van der Waals surface area contributed by atoms with Crippen LogP contribution in [0.4, 0.5) is 0 Å². The number of ether oxygens (including phenoxy) is 2. The van der Waals surface area contributed by atoms with Gasteiger partial charge in [0.1, 0.15) is 0 Å². The molecule has 0 unspecified atom stereocenters. The lowest BCUT2D eigenvalue weighted by atomic mass is 9.94. The van der Waals surface area contributed by atoms with E-state index >= 15 is 0 Å². The number of hydrogen-bond donors (Lipinski definition) is 0. The van der Waals surface area contributed by atoms with Crippen molar-refractivity contribution in [3.05, 3.63) is 35.9 Å². The number of rotatable bonds is 5. The van der Waals surface area contributed by atoms with Crippen molar-refractivity contribution >= 4 is 5.91 Å². The summed E-state index contributed by atoms with van der Waals surface area (Å²) in [5, 5.41) is 0. The molecule has 1 aromatic carbocycles. The summed E-state index contributed by atoms with van der Waals surface area (Å²) >= 11 is 0. The summed E-state index contributed by atoms with van der Waals surface area (Å²) in [4.78, 5) is 14.5. The lowest BCUT2D eigenvalue weighted by molar-refractivity contribution is -0.135. The standard InChI is InChI=1S/C17H23NO3/c1-5-7-12-8-13-9-15(20-3)16(21-4)10-14(13)11-18(6-2)17(12)19/h5,9-10,12H,1,6-8,11H2,2-4H3/t12-/m0/s1. The highest BCUT2D eigenvalue weighted by Crippen LogP contribution is 2.34. The summed E-state index contributed by atoms with van der Waals surface area (Å²) in [5.41, 5.74) is 2.29. The second kappa shape index (κ2) is 6.66. The molecule has 4 heteroatoms. The molecule has 1 heterocycles. The number of methoxy groups -OCH3 is 2. The van der Waals surface area contributed by atoms with Gasteiger partial charge in [0.05, 0.1) is 14.2 Å². The summed E-state index contributed by atoms with van der Waals surface area (Å²) in [7, 11) is 3.26. The number of allylic oxidation sites excluding steroid dienone is 1. The molecule has 114 valence electrons. The maximum Gasteiger partial charge on any atom is 0.226 e. The highest BCUT2D eigenvalue weighted by atomic mass is 16.5. The Morgan fingerprint density at radius 1 is 1.29 bits per heavy atom. The molecule has 0 spiro atoms. The molecule has 0 radical (unpaired) electrons. The van der Waals surface area contributed by atoms with Crippen molar-refractivity contribution in [2.75, 3.05) is 20.8 Å². The lowest BCUT2D eigenvalue weighted by Crippen LogP contribution is -2.34. The van der Waals surface area contributed by atoms with Gasteiger partial charge in [-0.25, -0.2) is 0 Å². The first kappa shape index (κ1) is 15.4. The number of carbonyl (C=O) groups is 1. The van der Waals surface area contributed by atoms with E-state index < -0.39 is 0 Å². The first-order valence-electron chi connectivity index (χ1n) is 7.28. The molecule has 0 aliphatic carbocycles. The average molecular weight is 289 g/mol. The van der Waals surface area contributed by atoms with Crippen LogP contribution in [-0.2, 0) is 17.8 Å². The highest BCUT2D eigenvalue weighted by Gasteiger charge is 2.28. The summed E-state index contributed by atoms with van der Waals surface area (Å²) in [6.07, 6.45) is 3.24. The summed E-state index contributed by atoms with van der Waals surface area (Å²) in [6.45, 7) is 7.11. The zero-order valence-corrected chi connectivity index (χ0v) is 13.0. The molecular formula is C17H23NO3. The smallest absolute Gasteiger partial charge is 0.226 e. The van der Waals surface area contributed by atoms with Crippen molar-refractivity contribution in [3.63, 3.8) is 0 Å². The van der Waals surface area contributed by atoms with Gasteiger partial charge in [0.15, 0.2) is 11.5 Å². The molecule has 2 rings (SSSR count). The Bertz CT molecular complexity index is 539. The van der Waals surface area contributed by atoms with E-state index in [1.54, 1.807) is 14.2 Å². The van der Waals surface area contributed by atoms with Crippen LogP contribution in [0.5, 0.6) is 11.5 Å². The fourth-order valence-electron chi connectivity index (χ4n) is 2.85. The summed E-state index contributed by atoms with van der Waals surface area (Å²) in [6, 6.07) is 3.98. The van der Waals surface area contributed by atoms with E-state index in [1.165, 1.54) is 0 Å². The van der Waals surface area contributed by atoms with Gasteiger partial charge in [0.25, 0.3) is 0 Å². The molecule has 0 aromatic heterocycles. The van der Waals surface area contributed by atoms with Crippen LogP contribution in [0.25, 0.3) is 0 Å². The van der Waals surface area contributed by atoms with Crippen molar-refractivity contribution in [1.82, 2.24) is 4.90 Å². The zero-order chi connectivity index (χ0) is 15.4. The average Bonchev–Trinajstić information content (AvgIpc) is 2.63. The van der Waals surface area contributed by atoms with Crippen LogP contribution in [0, 0.1) is 5.92 Å². The second-order valence-corrected chi connectivity index (χ2v) is 5.25. The van der Waals surface area contributed by atoms with Crippen LogP contribution < -0.4 is 9.47 Å². The van der Waals surface area contributed by atoms with Crippen LogP contribution in [0.3, 0.4) is 0 Å². The molecule has 1 aliphatic rings. The number of amides is 1. The van der Waals surface area contributed by atoms with Crippen molar-refractivity contribution in [2.45, 2.75) is 26.3 Å². The van der Waals surface area contributed by atoms with Gasteiger partial charge in [-0.1, -0.05) is 6.08 Å². The van der Waals surface area contributed by atoms with E-state index in [4.69, 9.17) is 9.47 Å². The number of benzene rings is 1. The van der Waals surface area contributed by atoms with E-state index in [2.05, 4.69) is 6.58 Å². The maximum atomic E-state index is 12.6. The molecule has 0 N–H and O–H groups in total. The quantitative estimate of drug-likeness (QED) is 0.782. The first-order chi connectivity index (χ1) is 10.1. The fraction of sp³-hybridized carbons (Fsp3) is 0.471. The van der Waals surface area contributed by atoms with E-state index in [0.29, 0.717) is 31.0 Å². The van der Waals surface area contributed by atoms with Crippen LogP contribution in [-0.4, -0.2) is 31.6 Å². The van der Waals surface area contributed by atoms with E-state index in [0.717, 1.165) is 17.5 Å². The molecule has 0 bridgehead atoms. The van der Waals surface area contributed by atoms with Gasteiger partial charge in [0.2, 0.25) is 5.91 Å².